The van der Waals surface area contributed by atoms with Gasteiger partial charge in [-0.25, -0.2) is 4.98 Å². The number of hydrogen-bond acceptors (Lipinski definition) is 5. The third kappa shape index (κ3) is 2.63. The predicted octanol–water partition coefficient (Wildman–Crippen LogP) is 1.44. The first-order valence-electron chi connectivity index (χ1n) is 5.51. The monoisotopic (exact) mass is 240 g/mol. The maximum Gasteiger partial charge on any atom is 0.265 e. The summed E-state index contributed by atoms with van der Waals surface area (Å²) in [6.07, 6.45) is 3.27. The Labute approximate surface area is 98.4 Å². The summed E-state index contributed by atoms with van der Waals surface area (Å²) in [6.45, 7) is 2.68. The van der Waals surface area contributed by atoms with Gasteiger partial charge in [-0.15, -0.1) is 0 Å². The lowest BCUT2D eigenvalue weighted by atomic mass is 10.4. The van der Waals surface area contributed by atoms with Crippen molar-refractivity contribution < 1.29 is 4.79 Å². The summed E-state index contributed by atoms with van der Waals surface area (Å²) in [5.74, 6) is 0.197. The van der Waals surface area contributed by atoms with Crippen LogP contribution in [0.3, 0.4) is 0 Å². The summed E-state index contributed by atoms with van der Waals surface area (Å²) in [6, 6.07) is 0.525. The molecule has 0 saturated heterocycles. The molecule has 4 N–H and O–H groups in total. The van der Waals surface area contributed by atoms with Gasteiger partial charge in [0.1, 0.15) is 10.7 Å². The third-order valence-corrected chi connectivity index (χ3v) is 3.30. The average Bonchev–Trinajstić information content (AvgIpc) is 2.98. The van der Waals surface area contributed by atoms with Crippen LogP contribution in [0.15, 0.2) is 0 Å². The van der Waals surface area contributed by atoms with Gasteiger partial charge in [-0.05, 0) is 19.3 Å². The number of anilines is 2. The maximum absolute atomic E-state index is 11.7. The van der Waals surface area contributed by atoms with Gasteiger partial charge in [-0.3, -0.25) is 4.79 Å². The summed E-state index contributed by atoms with van der Waals surface area (Å²) >= 11 is 1.33. The van der Waals surface area contributed by atoms with E-state index in [1.54, 1.807) is 0 Å². The molecule has 1 saturated carbocycles. The Morgan fingerprint density at radius 2 is 2.38 bits per heavy atom. The second kappa shape index (κ2) is 4.69. The highest BCUT2D eigenvalue weighted by atomic mass is 32.1. The molecule has 1 aromatic heterocycles. The molecule has 5 nitrogen and oxygen atoms in total. The van der Waals surface area contributed by atoms with Crippen molar-refractivity contribution in [2.75, 3.05) is 17.6 Å². The Morgan fingerprint density at radius 3 is 3.00 bits per heavy atom. The first kappa shape index (κ1) is 11.2. The lowest BCUT2D eigenvalue weighted by Crippen LogP contribution is -2.23. The summed E-state index contributed by atoms with van der Waals surface area (Å²) in [5, 5.41) is 6.78. The molecule has 0 atom stereocenters. The number of rotatable bonds is 5. The van der Waals surface area contributed by atoms with Gasteiger partial charge in [0.15, 0.2) is 5.13 Å². The molecule has 6 heteroatoms. The van der Waals surface area contributed by atoms with Crippen LogP contribution in [0.25, 0.3) is 0 Å². The van der Waals surface area contributed by atoms with Gasteiger partial charge in [0.2, 0.25) is 0 Å². The van der Waals surface area contributed by atoms with E-state index in [2.05, 4.69) is 15.6 Å². The third-order valence-electron chi connectivity index (χ3n) is 2.30. The number of nitrogens with one attached hydrogen (secondary N) is 2. The van der Waals surface area contributed by atoms with Crippen LogP contribution in [0.1, 0.15) is 35.9 Å². The molecule has 2 rings (SSSR count). The molecule has 1 fully saturated rings. The molecule has 0 spiro atoms. The van der Waals surface area contributed by atoms with Crippen LogP contribution in [0, 0.1) is 0 Å². The summed E-state index contributed by atoms with van der Waals surface area (Å²) in [4.78, 5) is 16.3. The van der Waals surface area contributed by atoms with Gasteiger partial charge in [0, 0.05) is 12.6 Å². The van der Waals surface area contributed by atoms with Gasteiger partial charge < -0.3 is 16.4 Å². The highest BCUT2D eigenvalue weighted by Gasteiger charge is 2.23. The minimum absolute atomic E-state index is 0.124. The quantitative estimate of drug-likeness (QED) is 0.727. The lowest BCUT2D eigenvalue weighted by Gasteiger charge is -2.00. The number of aromatic nitrogens is 1. The van der Waals surface area contributed by atoms with E-state index < -0.39 is 0 Å². The Kier molecular flexibility index (Phi) is 3.28. The average molecular weight is 240 g/mol. The van der Waals surface area contributed by atoms with Crippen LogP contribution >= 0.6 is 11.3 Å². The molecule has 1 aliphatic carbocycles. The molecular weight excluding hydrogens is 224 g/mol. The zero-order valence-electron chi connectivity index (χ0n) is 9.25. The van der Waals surface area contributed by atoms with Gasteiger partial charge in [0.05, 0.1) is 0 Å². The predicted molar refractivity (Wildman–Crippen MR) is 65.8 cm³/mol. The molecule has 0 bridgehead atoms. The molecule has 1 heterocycles. The van der Waals surface area contributed by atoms with Crippen LogP contribution in [0.5, 0.6) is 0 Å². The Morgan fingerprint density at radius 1 is 1.62 bits per heavy atom. The zero-order chi connectivity index (χ0) is 11.5. The molecule has 0 aromatic carbocycles. The minimum atomic E-state index is -0.124. The number of hydrogen-bond donors (Lipinski definition) is 3. The summed E-state index contributed by atoms with van der Waals surface area (Å²) < 4.78 is 0. The van der Waals surface area contributed by atoms with E-state index in [-0.39, 0.29) is 5.91 Å². The van der Waals surface area contributed by atoms with E-state index in [9.17, 15) is 4.79 Å². The Bertz CT molecular complexity index is 386. The van der Waals surface area contributed by atoms with E-state index in [4.69, 9.17) is 5.73 Å². The van der Waals surface area contributed by atoms with E-state index in [1.165, 1.54) is 24.2 Å². The number of nitrogen functional groups attached to an aromatic ring is 1. The topological polar surface area (TPSA) is 80.0 Å². The molecule has 1 aliphatic rings. The van der Waals surface area contributed by atoms with E-state index in [1.807, 2.05) is 6.92 Å². The molecule has 88 valence electrons. The SMILES string of the molecule is CCCNC(=O)c1sc(NC2CC2)nc1N. The fourth-order valence-corrected chi connectivity index (χ4v) is 2.16. The highest BCUT2D eigenvalue weighted by molar-refractivity contribution is 7.18. The number of carbonyl (C=O) groups excluding carboxylic acids is 1. The first-order chi connectivity index (χ1) is 7.70. The normalized spacial score (nSPS) is 14.8. The number of nitrogens with zero attached hydrogens (tertiary/aromatic N) is 1. The molecule has 1 aromatic rings. The first-order valence-corrected chi connectivity index (χ1v) is 6.33. The van der Waals surface area contributed by atoms with Gasteiger partial charge in [-0.1, -0.05) is 18.3 Å². The van der Waals surface area contributed by atoms with Gasteiger partial charge in [0.25, 0.3) is 5.91 Å². The molecule has 0 aliphatic heterocycles. The summed E-state index contributed by atoms with van der Waals surface area (Å²) in [5.41, 5.74) is 5.71. The highest BCUT2D eigenvalue weighted by Crippen LogP contribution is 2.30. The van der Waals surface area contributed by atoms with Gasteiger partial charge >= 0.3 is 0 Å². The van der Waals surface area contributed by atoms with Crippen molar-refractivity contribution in [3.63, 3.8) is 0 Å². The van der Waals surface area contributed by atoms with E-state index in [0.717, 1.165) is 11.6 Å². The molecule has 0 radical (unpaired) electrons. The molecule has 0 unspecified atom stereocenters. The molecule has 1 amide bonds. The van der Waals surface area contributed by atoms with Crippen molar-refractivity contribution in [1.29, 1.82) is 0 Å². The Hall–Kier alpha value is -1.30. The zero-order valence-corrected chi connectivity index (χ0v) is 10.1. The van der Waals surface area contributed by atoms with Crippen molar-refractivity contribution in [2.45, 2.75) is 32.2 Å². The van der Waals surface area contributed by atoms with Crippen LogP contribution in [-0.2, 0) is 0 Å². The van der Waals surface area contributed by atoms with E-state index in [0.29, 0.717) is 23.3 Å². The second-order valence-electron chi connectivity index (χ2n) is 3.91. The van der Waals surface area contributed by atoms with Crippen molar-refractivity contribution in [3.05, 3.63) is 4.88 Å². The fraction of sp³-hybridized carbons (Fsp3) is 0.600. The van der Waals surface area contributed by atoms with Crippen molar-refractivity contribution in [3.8, 4) is 0 Å². The maximum atomic E-state index is 11.7. The molecular formula is C10H16N4OS. The fourth-order valence-electron chi connectivity index (χ4n) is 1.28. The number of amides is 1. The van der Waals surface area contributed by atoms with Gasteiger partial charge in [-0.2, -0.15) is 0 Å². The van der Waals surface area contributed by atoms with Crippen molar-refractivity contribution in [1.82, 2.24) is 10.3 Å². The standard InChI is InChI=1S/C10H16N4OS/c1-2-5-12-9(15)7-8(11)14-10(16-7)13-6-3-4-6/h6H,2-5,11H2,1H3,(H,12,15)(H,13,14). The Balaban J connectivity index is 2.01. The van der Waals surface area contributed by atoms with Crippen LogP contribution < -0.4 is 16.4 Å². The summed E-state index contributed by atoms with van der Waals surface area (Å²) in [7, 11) is 0. The largest absolute Gasteiger partial charge is 0.382 e. The lowest BCUT2D eigenvalue weighted by molar-refractivity contribution is 0.0958. The molecule has 16 heavy (non-hydrogen) atoms. The second-order valence-corrected chi connectivity index (χ2v) is 4.91. The number of carbonyl (C=O) groups is 1. The van der Waals surface area contributed by atoms with Crippen LogP contribution in [0.2, 0.25) is 0 Å². The minimum Gasteiger partial charge on any atom is -0.382 e. The smallest absolute Gasteiger partial charge is 0.265 e. The van der Waals surface area contributed by atoms with Crippen LogP contribution in [0.4, 0.5) is 10.9 Å². The van der Waals surface area contributed by atoms with E-state index >= 15 is 0 Å². The van der Waals surface area contributed by atoms with Crippen molar-refractivity contribution in [2.24, 2.45) is 0 Å². The number of thiazole rings is 1. The van der Waals surface area contributed by atoms with Crippen molar-refractivity contribution >= 4 is 28.2 Å². The number of nitrogens with two attached hydrogens (primary N) is 1. The van der Waals surface area contributed by atoms with Crippen LogP contribution in [-0.4, -0.2) is 23.5 Å².